The monoisotopic (exact) mass is 640 g/mol. The molecule has 1 heterocycles. The molecule has 0 radical (unpaired) electrons. The van der Waals surface area contributed by atoms with E-state index in [1.807, 2.05) is 59.1 Å². The fourth-order valence-corrected chi connectivity index (χ4v) is 7.64. The molecule has 4 rings (SSSR count). The van der Waals surface area contributed by atoms with E-state index < -0.39 is 27.2 Å². The van der Waals surface area contributed by atoms with Gasteiger partial charge >= 0.3 is 0 Å². The molecule has 0 bridgehead atoms. The van der Waals surface area contributed by atoms with Crippen LogP contribution in [0.1, 0.15) is 61.0 Å². The van der Waals surface area contributed by atoms with Crippen LogP contribution in [0, 0.1) is 11.6 Å². The molecule has 7 nitrogen and oxygen atoms in total. The van der Waals surface area contributed by atoms with Crippen molar-refractivity contribution >= 4 is 27.1 Å². The lowest BCUT2D eigenvalue weighted by Gasteiger charge is -2.36. The van der Waals surface area contributed by atoms with Crippen molar-refractivity contribution in [2.24, 2.45) is 0 Å². The molecule has 0 atom stereocenters. The predicted octanol–water partition coefficient (Wildman–Crippen LogP) is 6.19. The molecule has 0 spiro atoms. The van der Waals surface area contributed by atoms with Crippen molar-refractivity contribution in [2.75, 3.05) is 69.7 Å². The van der Waals surface area contributed by atoms with E-state index in [1.165, 1.54) is 17.7 Å². The molecule has 3 aromatic carbocycles. The number of rotatable bonds is 13. The number of carbonyl (C=O) groups excluding carboxylic acids is 1. The minimum Gasteiger partial charge on any atom is -0.370 e. The number of hydrogen-bond acceptors (Lipinski definition) is 6. The molecular weight excluding hydrogens is 594 g/mol. The summed E-state index contributed by atoms with van der Waals surface area (Å²) >= 11 is 0. The Morgan fingerprint density at radius 2 is 1.56 bits per heavy atom. The zero-order valence-electron chi connectivity index (χ0n) is 27.1. The quantitative estimate of drug-likeness (QED) is 0.222. The summed E-state index contributed by atoms with van der Waals surface area (Å²) in [4.78, 5) is 21.9. The average molecular weight is 641 g/mol. The standard InChI is InChI=1S/C35H46F2N4O3S/c1-6-39(7-2)35(42)30-23-34(45(43,44)25-28-14-15-29(36)22-31(28)37)33(24-32(30)40(8-3)21-20-38(4)5)41-18-16-27(17-19-41)26-12-10-9-11-13-26/h9-15,22-24,27H,6-8,16-21,25H2,1-5H3. The number of hydrogen-bond donors (Lipinski definition) is 0. The largest absolute Gasteiger partial charge is 0.370 e. The van der Waals surface area contributed by atoms with Gasteiger partial charge in [0, 0.05) is 57.4 Å². The SMILES string of the molecule is CCN(CC)C(=O)c1cc(S(=O)(=O)Cc2ccc(F)cc2F)c(N2CCC(c3ccccc3)CC2)cc1N(CC)CCN(C)C. The molecule has 0 saturated carbocycles. The van der Waals surface area contributed by atoms with E-state index in [9.17, 15) is 22.0 Å². The first-order valence-corrected chi connectivity index (χ1v) is 17.5. The predicted molar refractivity (Wildman–Crippen MR) is 178 cm³/mol. The van der Waals surface area contributed by atoms with Crippen LogP contribution in [0.25, 0.3) is 0 Å². The molecule has 45 heavy (non-hydrogen) atoms. The molecule has 0 aliphatic carbocycles. The summed E-state index contributed by atoms with van der Waals surface area (Å²) in [6.45, 7) is 10.0. The van der Waals surface area contributed by atoms with E-state index in [4.69, 9.17) is 0 Å². The number of carbonyl (C=O) groups is 1. The first-order chi connectivity index (χ1) is 21.5. The van der Waals surface area contributed by atoms with Crippen LogP contribution in [0.2, 0.25) is 0 Å². The van der Waals surface area contributed by atoms with Gasteiger partial charge in [0.2, 0.25) is 0 Å². The average Bonchev–Trinajstić information content (AvgIpc) is 3.03. The lowest BCUT2D eigenvalue weighted by molar-refractivity contribution is 0.0773. The Morgan fingerprint density at radius 3 is 2.13 bits per heavy atom. The second-order valence-corrected chi connectivity index (χ2v) is 13.8. The van der Waals surface area contributed by atoms with E-state index in [2.05, 4.69) is 26.8 Å². The second-order valence-electron chi connectivity index (χ2n) is 11.9. The van der Waals surface area contributed by atoms with Gasteiger partial charge in [0.05, 0.1) is 27.6 Å². The summed E-state index contributed by atoms with van der Waals surface area (Å²) in [6.07, 6.45) is 1.67. The Hall–Kier alpha value is -3.50. The zero-order valence-corrected chi connectivity index (χ0v) is 27.9. The molecule has 1 amide bonds. The van der Waals surface area contributed by atoms with Crippen LogP contribution in [0.5, 0.6) is 0 Å². The Balaban J connectivity index is 1.86. The third kappa shape index (κ3) is 8.21. The normalized spacial score (nSPS) is 14.2. The van der Waals surface area contributed by atoms with Crippen LogP contribution in [0.3, 0.4) is 0 Å². The Kier molecular flexibility index (Phi) is 11.6. The van der Waals surface area contributed by atoms with E-state index in [0.29, 0.717) is 68.2 Å². The van der Waals surface area contributed by atoms with Gasteiger partial charge in [0.25, 0.3) is 5.91 Å². The minimum atomic E-state index is -4.17. The molecule has 0 unspecified atom stereocenters. The first-order valence-electron chi connectivity index (χ1n) is 15.8. The van der Waals surface area contributed by atoms with Crippen molar-refractivity contribution < 1.29 is 22.0 Å². The summed E-state index contributed by atoms with van der Waals surface area (Å²) in [5.74, 6) is -2.24. The smallest absolute Gasteiger partial charge is 0.255 e. The molecular formula is C35H46F2N4O3S. The van der Waals surface area contributed by atoms with Crippen LogP contribution in [-0.4, -0.2) is 84.0 Å². The Bertz CT molecular complexity index is 1550. The van der Waals surface area contributed by atoms with Crippen molar-refractivity contribution in [3.8, 4) is 0 Å². The second kappa shape index (κ2) is 15.2. The lowest BCUT2D eigenvalue weighted by Crippen LogP contribution is -2.37. The summed E-state index contributed by atoms with van der Waals surface area (Å²) in [5.41, 5.74) is 2.65. The summed E-state index contributed by atoms with van der Waals surface area (Å²) in [6, 6.07) is 16.6. The molecule has 1 aliphatic rings. The van der Waals surface area contributed by atoms with E-state index in [-0.39, 0.29) is 16.4 Å². The number of benzene rings is 3. The number of likely N-dealkylation sites (N-methyl/N-ethyl adjacent to an activating group) is 2. The molecule has 1 saturated heterocycles. The van der Waals surface area contributed by atoms with Crippen molar-refractivity contribution in [3.05, 3.63) is 89.0 Å². The third-order valence-corrected chi connectivity index (χ3v) is 10.4. The van der Waals surface area contributed by atoms with Gasteiger partial charge in [-0.15, -0.1) is 0 Å². The number of nitrogens with zero attached hydrogens (tertiary/aromatic N) is 4. The van der Waals surface area contributed by atoms with Gasteiger partial charge in [-0.1, -0.05) is 36.4 Å². The van der Waals surface area contributed by atoms with Gasteiger partial charge < -0.3 is 19.6 Å². The number of sulfone groups is 1. The van der Waals surface area contributed by atoms with Gasteiger partial charge in [-0.05, 0) is 77.4 Å². The van der Waals surface area contributed by atoms with Gasteiger partial charge in [-0.3, -0.25) is 4.79 Å². The number of amides is 1. The minimum absolute atomic E-state index is 0.00713. The number of anilines is 2. The molecule has 10 heteroatoms. The lowest BCUT2D eigenvalue weighted by atomic mass is 9.89. The maximum Gasteiger partial charge on any atom is 0.255 e. The zero-order chi connectivity index (χ0) is 32.7. The van der Waals surface area contributed by atoms with Gasteiger partial charge in [-0.2, -0.15) is 0 Å². The highest BCUT2D eigenvalue weighted by molar-refractivity contribution is 7.90. The van der Waals surface area contributed by atoms with E-state index >= 15 is 0 Å². The van der Waals surface area contributed by atoms with Gasteiger partial charge in [0.1, 0.15) is 11.6 Å². The first kappa shape index (κ1) is 34.4. The van der Waals surface area contributed by atoms with Gasteiger partial charge in [0.15, 0.2) is 9.84 Å². The molecule has 1 aliphatic heterocycles. The van der Waals surface area contributed by atoms with Crippen molar-refractivity contribution in [3.63, 3.8) is 0 Å². The van der Waals surface area contributed by atoms with Crippen LogP contribution in [0.15, 0.2) is 65.6 Å². The Labute approximate surface area is 267 Å². The summed E-state index contributed by atoms with van der Waals surface area (Å²) < 4.78 is 56.8. The molecule has 1 fully saturated rings. The topological polar surface area (TPSA) is 64.2 Å². The fourth-order valence-electron chi connectivity index (χ4n) is 6.04. The molecule has 0 aromatic heterocycles. The van der Waals surface area contributed by atoms with Crippen molar-refractivity contribution in [1.29, 1.82) is 0 Å². The van der Waals surface area contributed by atoms with Crippen molar-refractivity contribution in [1.82, 2.24) is 9.80 Å². The number of halogens is 2. The Morgan fingerprint density at radius 1 is 0.889 bits per heavy atom. The highest BCUT2D eigenvalue weighted by Gasteiger charge is 2.32. The van der Waals surface area contributed by atoms with E-state index in [1.54, 1.807) is 4.90 Å². The highest BCUT2D eigenvalue weighted by Crippen LogP contribution is 2.39. The van der Waals surface area contributed by atoms with Crippen LogP contribution >= 0.6 is 0 Å². The molecule has 244 valence electrons. The highest BCUT2D eigenvalue weighted by atomic mass is 32.2. The van der Waals surface area contributed by atoms with Crippen molar-refractivity contribution in [2.45, 2.75) is 50.2 Å². The maximum absolute atomic E-state index is 14.7. The summed E-state index contributed by atoms with van der Waals surface area (Å²) in [7, 11) is -0.189. The maximum atomic E-state index is 14.7. The van der Waals surface area contributed by atoms with E-state index in [0.717, 1.165) is 25.5 Å². The van der Waals surface area contributed by atoms with Crippen LogP contribution < -0.4 is 9.80 Å². The number of piperidine rings is 1. The fraction of sp³-hybridized carbons (Fsp3) is 0.457. The molecule has 0 N–H and O–H groups in total. The third-order valence-electron chi connectivity index (χ3n) is 8.70. The van der Waals surface area contributed by atoms with Crippen LogP contribution in [0.4, 0.5) is 20.2 Å². The van der Waals surface area contributed by atoms with Gasteiger partial charge in [-0.25, -0.2) is 17.2 Å². The van der Waals surface area contributed by atoms with Crippen LogP contribution in [-0.2, 0) is 15.6 Å². The summed E-state index contributed by atoms with van der Waals surface area (Å²) in [5, 5.41) is 0. The molecule has 3 aromatic rings.